The van der Waals surface area contributed by atoms with Gasteiger partial charge in [-0.3, -0.25) is 4.79 Å². The summed E-state index contributed by atoms with van der Waals surface area (Å²) in [5.41, 5.74) is 2.89. The van der Waals surface area contributed by atoms with Gasteiger partial charge < -0.3 is 15.7 Å². The van der Waals surface area contributed by atoms with E-state index >= 15 is 0 Å². The fourth-order valence-corrected chi connectivity index (χ4v) is 2.36. The molecule has 6 nitrogen and oxygen atoms in total. The van der Waals surface area contributed by atoms with Gasteiger partial charge in [0.2, 0.25) is 5.91 Å². The third-order valence-electron chi connectivity index (χ3n) is 2.57. The van der Waals surface area contributed by atoms with Gasteiger partial charge in [0.15, 0.2) is 5.13 Å². The summed E-state index contributed by atoms with van der Waals surface area (Å²) >= 11 is 1.30. The number of nitrogens with one attached hydrogen (secondary N) is 2. The van der Waals surface area contributed by atoms with Gasteiger partial charge in [-0.2, -0.15) is 0 Å². The second kappa shape index (κ2) is 6.16. The molecule has 0 saturated heterocycles. The van der Waals surface area contributed by atoms with Crippen molar-refractivity contribution in [1.82, 2.24) is 10.3 Å². The lowest BCUT2D eigenvalue weighted by Crippen LogP contribution is -2.31. The van der Waals surface area contributed by atoms with Crippen LogP contribution in [0.2, 0.25) is 0 Å². The van der Waals surface area contributed by atoms with Crippen LogP contribution in [0.1, 0.15) is 5.56 Å². The van der Waals surface area contributed by atoms with E-state index in [-0.39, 0.29) is 6.54 Å². The zero-order valence-corrected chi connectivity index (χ0v) is 11.5. The normalized spacial score (nSPS) is 10.1. The lowest BCUT2D eigenvalue weighted by Gasteiger charge is -2.02. The number of rotatable bonds is 4. The molecule has 0 unspecified atom stereocenters. The first kappa shape index (κ1) is 14.0. The Balaban J connectivity index is 2.04. The number of benzene rings is 1. The fourth-order valence-electron chi connectivity index (χ4n) is 1.63. The molecule has 104 valence electrons. The summed E-state index contributed by atoms with van der Waals surface area (Å²) in [5.74, 6) is -0.446. The molecule has 7 heteroatoms. The maximum absolute atomic E-state index is 11.5. The topological polar surface area (TPSA) is 91.3 Å². The van der Waals surface area contributed by atoms with Crippen LogP contribution in [-0.2, 0) is 4.79 Å². The standard InChI is InChI=1S/C13H13N3O3S/c1-8-4-2-3-5-9(8)10-7-20-12(15-10)16-11(17)6-14-13(18)19/h2-5,7,14H,6H2,1H3,(H,18,19)(H,15,16,17). The molecule has 0 fully saturated rings. The fraction of sp³-hybridized carbons (Fsp3) is 0.154. The maximum Gasteiger partial charge on any atom is 0.405 e. The van der Waals surface area contributed by atoms with E-state index in [4.69, 9.17) is 5.11 Å². The SMILES string of the molecule is Cc1ccccc1-c1csc(NC(=O)CNC(=O)O)n1. The predicted molar refractivity (Wildman–Crippen MR) is 76.9 cm³/mol. The number of carbonyl (C=O) groups is 2. The smallest absolute Gasteiger partial charge is 0.405 e. The van der Waals surface area contributed by atoms with Gasteiger partial charge in [0.05, 0.1) is 5.69 Å². The number of aromatic nitrogens is 1. The molecule has 2 rings (SSSR count). The van der Waals surface area contributed by atoms with Crippen molar-refractivity contribution in [2.45, 2.75) is 6.92 Å². The summed E-state index contributed by atoms with van der Waals surface area (Å²) in [4.78, 5) is 26.1. The molecule has 0 radical (unpaired) electrons. The van der Waals surface area contributed by atoms with Crippen LogP contribution in [0.3, 0.4) is 0 Å². The van der Waals surface area contributed by atoms with Crippen LogP contribution in [0.5, 0.6) is 0 Å². The van der Waals surface area contributed by atoms with Crippen molar-refractivity contribution in [3.8, 4) is 11.3 Å². The second-order valence-electron chi connectivity index (χ2n) is 4.06. The maximum atomic E-state index is 11.5. The largest absolute Gasteiger partial charge is 0.465 e. The number of aryl methyl sites for hydroxylation is 1. The molecule has 2 amide bonds. The Hall–Kier alpha value is -2.41. The summed E-state index contributed by atoms with van der Waals surface area (Å²) in [6.45, 7) is 1.69. The summed E-state index contributed by atoms with van der Waals surface area (Å²) in [6, 6.07) is 7.83. The number of hydrogen-bond acceptors (Lipinski definition) is 4. The molecular weight excluding hydrogens is 278 g/mol. The van der Waals surface area contributed by atoms with Crippen molar-refractivity contribution < 1.29 is 14.7 Å². The monoisotopic (exact) mass is 291 g/mol. The highest BCUT2D eigenvalue weighted by Gasteiger charge is 2.09. The quantitative estimate of drug-likeness (QED) is 0.806. The predicted octanol–water partition coefficient (Wildman–Crippen LogP) is 2.32. The van der Waals surface area contributed by atoms with Gasteiger partial charge in [-0.05, 0) is 12.5 Å². The highest BCUT2D eigenvalue weighted by Crippen LogP contribution is 2.26. The Morgan fingerprint density at radius 2 is 2.10 bits per heavy atom. The van der Waals surface area contributed by atoms with Crippen molar-refractivity contribution >= 4 is 28.5 Å². The van der Waals surface area contributed by atoms with Gasteiger partial charge in [-0.15, -0.1) is 11.3 Å². The van der Waals surface area contributed by atoms with Crippen molar-refractivity contribution in [2.75, 3.05) is 11.9 Å². The third-order valence-corrected chi connectivity index (χ3v) is 3.33. The van der Waals surface area contributed by atoms with Crippen LogP contribution in [0, 0.1) is 6.92 Å². The van der Waals surface area contributed by atoms with E-state index in [1.807, 2.05) is 41.9 Å². The van der Waals surface area contributed by atoms with E-state index in [9.17, 15) is 9.59 Å². The first-order chi connectivity index (χ1) is 9.56. The molecule has 0 bridgehead atoms. The molecule has 1 heterocycles. The molecule has 0 saturated carbocycles. The average molecular weight is 291 g/mol. The lowest BCUT2D eigenvalue weighted by atomic mass is 10.1. The molecule has 2 aromatic rings. The number of amides is 2. The zero-order valence-electron chi connectivity index (χ0n) is 10.7. The Bertz CT molecular complexity index is 639. The first-order valence-electron chi connectivity index (χ1n) is 5.84. The van der Waals surface area contributed by atoms with Gasteiger partial charge in [-0.1, -0.05) is 24.3 Å². The van der Waals surface area contributed by atoms with E-state index in [1.54, 1.807) is 0 Å². The number of carboxylic acid groups (broad SMARTS) is 1. The van der Waals surface area contributed by atoms with Gasteiger partial charge in [0.1, 0.15) is 6.54 Å². The molecule has 3 N–H and O–H groups in total. The Morgan fingerprint density at radius 1 is 1.35 bits per heavy atom. The third kappa shape index (κ3) is 3.55. The number of nitrogens with zero attached hydrogens (tertiary/aromatic N) is 1. The molecular formula is C13H13N3O3S. The molecule has 0 spiro atoms. The van der Waals surface area contributed by atoms with Crippen LogP contribution >= 0.6 is 11.3 Å². The molecule has 0 atom stereocenters. The minimum absolute atomic E-state index is 0.297. The van der Waals surface area contributed by atoms with Gasteiger partial charge in [0.25, 0.3) is 0 Å². The minimum atomic E-state index is -1.24. The van der Waals surface area contributed by atoms with Crippen LogP contribution in [0.15, 0.2) is 29.6 Å². The van der Waals surface area contributed by atoms with Gasteiger partial charge in [0, 0.05) is 10.9 Å². The first-order valence-corrected chi connectivity index (χ1v) is 6.72. The average Bonchev–Trinajstić information content (AvgIpc) is 2.85. The summed E-state index contributed by atoms with van der Waals surface area (Å²) in [5, 5.41) is 15.2. The van der Waals surface area contributed by atoms with Gasteiger partial charge in [-0.25, -0.2) is 9.78 Å². The molecule has 0 aliphatic rings. The van der Waals surface area contributed by atoms with Crippen molar-refractivity contribution in [1.29, 1.82) is 0 Å². The van der Waals surface area contributed by atoms with Crippen LogP contribution < -0.4 is 10.6 Å². The summed E-state index contributed by atoms with van der Waals surface area (Å²) in [7, 11) is 0. The number of carbonyl (C=O) groups excluding carboxylic acids is 1. The number of anilines is 1. The van der Waals surface area contributed by atoms with E-state index in [0.29, 0.717) is 5.13 Å². The lowest BCUT2D eigenvalue weighted by molar-refractivity contribution is -0.115. The molecule has 20 heavy (non-hydrogen) atoms. The highest BCUT2D eigenvalue weighted by atomic mass is 32.1. The van der Waals surface area contributed by atoms with E-state index < -0.39 is 12.0 Å². The van der Waals surface area contributed by atoms with E-state index in [1.165, 1.54) is 11.3 Å². The zero-order chi connectivity index (χ0) is 14.5. The highest BCUT2D eigenvalue weighted by molar-refractivity contribution is 7.14. The van der Waals surface area contributed by atoms with Crippen molar-refractivity contribution in [3.05, 3.63) is 35.2 Å². The van der Waals surface area contributed by atoms with Crippen molar-refractivity contribution in [2.24, 2.45) is 0 Å². The second-order valence-corrected chi connectivity index (χ2v) is 4.92. The Labute approximate surface area is 119 Å². The van der Waals surface area contributed by atoms with Crippen molar-refractivity contribution in [3.63, 3.8) is 0 Å². The molecule has 1 aromatic heterocycles. The number of hydrogen-bond donors (Lipinski definition) is 3. The Morgan fingerprint density at radius 3 is 2.80 bits per heavy atom. The van der Waals surface area contributed by atoms with Crippen LogP contribution in [-0.4, -0.2) is 28.6 Å². The molecule has 1 aromatic carbocycles. The van der Waals surface area contributed by atoms with Crippen LogP contribution in [0.25, 0.3) is 11.3 Å². The molecule has 0 aliphatic carbocycles. The van der Waals surface area contributed by atoms with Gasteiger partial charge >= 0.3 is 6.09 Å². The Kier molecular flexibility index (Phi) is 4.31. The number of thiazole rings is 1. The minimum Gasteiger partial charge on any atom is -0.465 e. The van der Waals surface area contributed by atoms with Crippen LogP contribution in [0.4, 0.5) is 9.93 Å². The van der Waals surface area contributed by atoms with E-state index in [0.717, 1.165) is 16.8 Å². The van der Waals surface area contributed by atoms with E-state index in [2.05, 4.69) is 10.3 Å². The summed E-state index contributed by atoms with van der Waals surface area (Å²) < 4.78 is 0. The molecule has 0 aliphatic heterocycles. The summed E-state index contributed by atoms with van der Waals surface area (Å²) in [6.07, 6.45) is -1.24.